The number of unbranched alkanes of at least 4 members (excludes halogenated alkanes) is 6. The number of oxazole rings is 1. The number of nitriles is 1. The Morgan fingerprint density at radius 2 is 1.48 bits per heavy atom. The fourth-order valence-electron chi connectivity index (χ4n) is 7.60. The van der Waals surface area contributed by atoms with Crippen molar-refractivity contribution in [1.82, 2.24) is 20.5 Å². The molecular formula is C47H51F3N6O4. The average molecular weight is 821 g/mol. The van der Waals surface area contributed by atoms with Crippen molar-refractivity contribution in [3.63, 3.8) is 0 Å². The van der Waals surface area contributed by atoms with Crippen molar-refractivity contribution in [3.8, 4) is 6.07 Å². The van der Waals surface area contributed by atoms with Gasteiger partial charge in [-0.3, -0.25) is 9.80 Å². The minimum atomic E-state index is -4.60. The molecule has 5 aromatic rings. The van der Waals surface area contributed by atoms with Gasteiger partial charge in [0.05, 0.1) is 48.3 Å². The zero-order chi connectivity index (χ0) is 42.5. The highest BCUT2D eigenvalue weighted by atomic mass is 19.4. The lowest BCUT2D eigenvalue weighted by molar-refractivity contribution is -0.137. The van der Waals surface area contributed by atoms with E-state index in [1.165, 1.54) is 17.0 Å². The minimum Gasteiger partial charge on any atom is -0.441 e. The summed E-state index contributed by atoms with van der Waals surface area (Å²) in [5, 5.41) is 38.0. The molecule has 4 aromatic carbocycles. The van der Waals surface area contributed by atoms with Gasteiger partial charge in [0.25, 0.3) is 0 Å². The van der Waals surface area contributed by atoms with Crippen LogP contribution in [0.1, 0.15) is 90.5 Å². The highest BCUT2D eigenvalue weighted by Gasteiger charge is 2.39. The van der Waals surface area contributed by atoms with Gasteiger partial charge in [0.15, 0.2) is 5.60 Å². The number of nitrogens with zero attached hydrogens (tertiary/aromatic N) is 4. The molecule has 2 heterocycles. The maximum Gasteiger partial charge on any atom is 0.416 e. The molecule has 1 aliphatic heterocycles. The Bertz CT molecular complexity index is 2180. The lowest BCUT2D eigenvalue weighted by Gasteiger charge is -2.37. The standard InChI is InChI=1S/C47H51F3N6O4/c1-55(32-40-30-53-44(60-40)46(59,36-16-9-7-10-17-36)37-18-11-8-12-19-37)27-14-6-4-2-3-5-13-26-52-31-42-41(33-57)43(35-24-22-34(29-51)23-25-35)54-45(58)56(42)39-21-15-20-38(28-39)47(48,49)50/h7-12,15-25,28,30,43,52,57,59H,2-6,13-14,26-27,31-33H2,1H3,(H,54,58). The second-order valence-corrected chi connectivity index (χ2v) is 15.1. The van der Waals surface area contributed by atoms with Crippen LogP contribution in [0.5, 0.6) is 0 Å². The van der Waals surface area contributed by atoms with Crippen LogP contribution in [0.2, 0.25) is 0 Å². The third kappa shape index (κ3) is 10.7. The number of hydrogen-bond acceptors (Lipinski definition) is 8. The van der Waals surface area contributed by atoms with E-state index < -0.39 is 36.0 Å². The SMILES string of the molecule is CN(CCCCCCCCCNCC1=C(CO)C(c2ccc(C#N)cc2)NC(=O)N1c1cccc(C(F)(F)F)c1)Cc1cnc(C(O)(c2ccccc2)c2ccccc2)o1. The van der Waals surface area contributed by atoms with Crippen molar-refractivity contribution in [2.24, 2.45) is 0 Å². The number of anilines is 1. The van der Waals surface area contributed by atoms with E-state index in [1.807, 2.05) is 67.7 Å². The summed E-state index contributed by atoms with van der Waals surface area (Å²) >= 11 is 0. The van der Waals surface area contributed by atoms with Gasteiger partial charge in [-0.15, -0.1) is 0 Å². The Labute approximate surface area is 349 Å². The topological polar surface area (TPSA) is 138 Å². The van der Waals surface area contributed by atoms with E-state index in [-0.39, 0.29) is 18.1 Å². The van der Waals surface area contributed by atoms with Gasteiger partial charge in [0.2, 0.25) is 5.89 Å². The number of alkyl halides is 3. The third-order valence-corrected chi connectivity index (χ3v) is 10.8. The predicted octanol–water partition coefficient (Wildman–Crippen LogP) is 8.82. The van der Waals surface area contributed by atoms with Crippen molar-refractivity contribution < 1.29 is 32.6 Å². The van der Waals surface area contributed by atoms with Gasteiger partial charge >= 0.3 is 12.2 Å². The number of urea groups is 1. The largest absolute Gasteiger partial charge is 0.441 e. The molecule has 60 heavy (non-hydrogen) atoms. The molecule has 13 heteroatoms. The molecule has 0 saturated heterocycles. The summed E-state index contributed by atoms with van der Waals surface area (Å²) in [4.78, 5) is 21.5. The summed E-state index contributed by atoms with van der Waals surface area (Å²) in [5.74, 6) is 0.911. The first-order valence-corrected chi connectivity index (χ1v) is 20.3. The molecule has 0 fully saturated rings. The summed E-state index contributed by atoms with van der Waals surface area (Å²) < 4.78 is 47.1. The van der Waals surface area contributed by atoms with Gasteiger partial charge in [-0.25, -0.2) is 9.78 Å². The minimum absolute atomic E-state index is 0.0390. The second kappa shape index (κ2) is 20.5. The van der Waals surface area contributed by atoms with E-state index in [1.54, 1.807) is 30.5 Å². The number of nitrogens with one attached hydrogen (secondary N) is 2. The van der Waals surface area contributed by atoms with Crippen LogP contribution in [-0.2, 0) is 18.3 Å². The number of rotatable bonds is 20. The van der Waals surface area contributed by atoms with Gasteiger partial charge in [0, 0.05) is 17.8 Å². The highest BCUT2D eigenvalue weighted by Crippen LogP contribution is 2.38. The number of carbonyl (C=O) groups excluding carboxylic acids is 1. The third-order valence-electron chi connectivity index (χ3n) is 10.8. The zero-order valence-corrected chi connectivity index (χ0v) is 33.7. The van der Waals surface area contributed by atoms with Crippen LogP contribution in [0, 0.1) is 11.3 Å². The van der Waals surface area contributed by atoms with Crippen molar-refractivity contribution >= 4 is 11.7 Å². The molecule has 0 aliphatic carbocycles. The Kier molecular flexibility index (Phi) is 14.9. The monoisotopic (exact) mass is 820 g/mol. The first-order chi connectivity index (χ1) is 29.0. The van der Waals surface area contributed by atoms with E-state index in [0.29, 0.717) is 52.4 Å². The summed E-state index contributed by atoms with van der Waals surface area (Å²) in [6.45, 7) is 1.77. The Balaban J connectivity index is 0.953. The maximum absolute atomic E-state index is 13.7. The molecule has 0 radical (unpaired) electrons. The Morgan fingerprint density at radius 1 is 0.867 bits per heavy atom. The van der Waals surface area contributed by atoms with Gasteiger partial charge in [0.1, 0.15) is 5.76 Å². The second-order valence-electron chi connectivity index (χ2n) is 15.1. The summed E-state index contributed by atoms with van der Waals surface area (Å²) in [6.07, 6.45) is 4.27. The van der Waals surface area contributed by atoms with E-state index >= 15 is 0 Å². The number of aliphatic hydroxyl groups is 2. The molecule has 4 N–H and O–H groups in total. The van der Waals surface area contributed by atoms with Crippen LogP contribution in [0.4, 0.5) is 23.7 Å². The van der Waals surface area contributed by atoms with Crippen LogP contribution >= 0.6 is 0 Å². The van der Waals surface area contributed by atoms with Gasteiger partial charge in [-0.05, 0) is 80.0 Å². The van der Waals surface area contributed by atoms with Crippen molar-refractivity contribution in [3.05, 3.63) is 166 Å². The van der Waals surface area contributed by atoms with E-state index in [4.69, 9.17) is 4.42 Å². The molecule has 1 unspecified atom stereocenters. The molecule has 0 bridgehead atoms. The molecule has 1 atom stereocenters. The van der Waals surface area contributed by atoms with Crippen molar-refractivity contribution in [1.29, 1.82) is 5.26 Å². The summed E-state index contributed by atoms with van der Waals surface area (Å²) in [6, 6.07) is 30.7. The molecule has 1 aliphatic rings. The smallest absolute Gasteiger partial charge is 0.416 e. The number of amides is 2. The lowest BCUT2D eigenvalue weighted by atomic mass is 9.86. The lowest BCUT2D eigenvalue weighted by Crippen LogP contribution is -2.50. The normalized spacial score (nSPS) is 14.7. The summed E-state index contributed by atoms with van der Waals surface area (Å²) in [7, 11) is 2.04. The first-order valence-electron chi connectivity index (χ1n) is 20.3. The first kappa shape index (κ1) is 43.8. The molecule has 314 valence electrons. The molecule has 1 aromatic heterocycles. The number of halogens is 3. The van der Waals surface area contributed by atoms with Crippen LogP contribution in [0.25, 0.3) is 0 Å². The molecule has 2 amide bonds. The molecule has 10 nitrogen and oxygen atoms in total. The van der Waals surface area contributed by atoms with E-state index in [2.05, 4.69) is 26.6 Å². The predicted molar refractivity (Wildman–Crippen MR) is 223 cm³/mol. The molecule has 0 spiro atoms. The van der Waals surface area contributed by atoms with Gasteiger partial charge in [-0.2, -0.15) is 18.4 Å². The zero-order valence-electron chi connectivity index (χ0n) is 33.7. The maximum atomic E-state index is 13.7. The number of hydrogen-bond donors (Lipinski definition) is 4. The fraction of sp³-hybridized carbons (Fsp3) is 0.340. The van der Waals surface area contributed by atoms with Gasteiger partial charge in [-0.1, -0.05) is 111 Å². The average Bonchev–Trinajstić information content (AvgIpc) is 3.74. The van der Waals surface area contributed by atoms with Crippen LogP contribution in [0.15, 0.2) is 131 Å². The number of benzene rings is 4. The molecule has 0 saturated carbocycles. The Morgan fingerprint density at radius 3 is 2.10 bits per heavy atom. The van der Waals surface area contributed by atoms with Crippen LogP contribution in [-0.4, -0.2) is 59.4 Å². The van der Waals surface area contributed by atoms with Gasteiger partial charge < -0.3 is 25.3 Å². The quantitative estimate of drug-likeness (QED) is 0.0572. The van der Waals surface area contributed by atoms with Crippen LogP contribution in [0.3, 0.4) is 0 Å². The van der Waals surface area contributed by atoms with Crippen molar-refractivity contribution in [2.75, 3.05) is 38.2 Å². The number of carbonyl (C=O) groups is 1. The van der Waals surface area contributed by atoms with Crippen LogP contribution < -0.4 is 15.5 Å². The number of aliphatic hydroxyl groups excluding tert-OH is 1. The summed E-state index contributed by atoms with van der Waals surface area (Å²) in [5.41, 5.74) is 0.891. The van der Waals surface area contributed by atoms with E-state index in [9.17, 15) is 33.4 Å². The molecular weight excluding hydrogens is 770 g/mol. The number of aromatic nitrogens is 1. The fourth-order valence-corrected chi connectivity index (χ4v) is 7.60. The Hall–Kier alpha value is -5.78. The molecule has 6 rings (SSSR count). The highest BCUT2D eigenvalue weighted by molar-refractivity contribution is 5.97. The van der Waals surface area contributed by atoms with E-state index in [0.717, 1.165) is 63.6 Å². The van der Waals surface area contributed by atoms with Crippen molar-refractivity contribution in [2.45, 2.75) is 69.3 Å².